The molecule has 2 aromatic carbocycles. The lowest BCUT2D eigenvalue weighted by Gasteiger charge is -2.28. The molecule has 0 atom stereocenters. The number of nitrogens with zero attached hydrogens (tertiary/aromatic N) is 2. The molecule has 1 aliphatic heterocycles. The van der Waals surface area contributed by atoms with Crippen molar-refractivity contribution in [3.05, 3.63) is 60.2 Å². The summed E-state index contributed by atoms with van der Waals surface area (Å²) >= 11 is 0. The van der Waals surface area contributed by atoms with E-state index in [0.717, 1.165) is 57.5 Å². The fraction of sp³-hybridized carbons (Fsp3) is 0.435. The Morgan fingerprint density at radius 3 is 2.52 bits per heavy atom. The van der Waals surface area contributed by atoms with E-state index in [-0.39, 0.29) is 0 Å². The van der Waals surface area contributed by atoms with Crippen molar-refractivity contribution in [2.24, 2.45) is 4.99 Å². The quantitative estimate of drug-likeness (QED) is 0.388. The predicted molar refractivity (Wildman–Crippen MR) is 119 cm³/mol. The molecule has 2 N–H and O–H groups in total. The van der Waals surface area contributed by atoms with Gasteiger partial charge in [0.25, 0.3) is 0 Å². The summed E-state index contributed by atoms with van der Waals surface area (Å²) in [6.45, 7) is 8.59. The summed E-state index contributed by atoms with van der Waals surface area (Å²) in [5.74, 6) is 1.75. The van der Waals surface area contributed by atoms with Gasteiger partial charge >= 0.3 is 0 Å². The average molecular weight is 397 g/mol. The largest absolute Gasteiger partial charge is 0.494 e. The maximum Gasteiger partial charge on any atom is 0.191 e. The fourth-order valence-electron chi connectivity index (χ4n) is 3.13. The summed E-state index contributed by atoms with van der Waals surface area (Å²) in [5.41, 5.74) is 2.45. The van der Waals surface area contributed by atoms with Crippen molar-refractivity contribution in [2.45, 2.75) is 19.9 Å². The zero-order valence-electron chi connectivity index (χ0n) is 17.3. The molecule has 0 amide bonds. The van der Waals surface area contributed by atoms with Crippen LogP contribution in [0.15, 0.2) is 59.6 Å². The molecule has 1 fully saturated rings. The van der Waals surface area contributed by atoms with Gasteiger partial charge in [-0.15, -0.1) is 0 Å². The lowest BCUT2D eigenvalue weighted by atomic mass is 10.2. The van der Waals surface area contributed by atoms with Crippen molar-refractivity contribution in [3.63, 3.8) is 0 Å². The Labute approximate surface area is 173 Å². The van der Waals surface area contributed by atoms with E-state index < -0.39 is 0 Å². The number of hydrogen-bond acceptors (Lipinski definition) is 4. The van der Waals surface area contributed by atoms with Gasteiger partial charge in [0, 0.05) is 31.9 Å². The van der Waals surface area contributed by atoms with Crippen LogP contribution >= 0.6 is 0 Å². The van der Waals surface area contributed by atoms with Gasteiger partial charge in [-0.2, -0.15) is 0 Å². The molecule has 0 spiro atoms. The number of rotatable bonds is 9. The van der Waals surface area contributed by atoms with E-state index in [1.165, 1.54) is 11.3 Å². The summed E-state index contributed by atoms with van der Waals surface area (Å²) in [6.07, 6.45) is 0.910. The average Bonchev–Trinajstić information content (AvgIpc) is 2.79. The maximum atomic E-state index is 5.73. The van der Waals surface area contributed by atoms with Gasteiger partial charge in [-0.25, -0.2) is 4.99 Å². The molecule has 156 valence electrons. The molecule has 3 rings (SSSR count). The molecule has 0 saturated carbocycles. The van der Waals surface area contributed by atoms with E-state index in [2.05, 4.69) is 46.7 Å². The van der Waals surface area contributed by atoms with E-state index in [1.807, 2.05) is 30.3 Å². The van der Waals surface area contributed by atoms with Crippen LogP contribution in [0.25, 0.3) is 0 Å². The molecule has 0 radical (unpaired) electrons. The minimum atomic E-state index is 0.652. The Morgan fingerprint density at radius 2 is 1.79 bits per heavy atom. The van der Waals surface area contributed by atoms with Crippen molar-refractivity contribution in [2.75, 3.05) is 50.9 Å². The first kappa shape index (κ1) is 21.0. The van der Waals surface area contributed by atoms with Gasteiger partial charge in [0.2, 0.25) is 0 Å². The van der Waals surface area contributed by atoms with Gasteiger partial charge in [-0.1, -0.05) is 30.3 Å². The van der Waals surface area contributed by atoms with Crippen LogP contribution in [0.4, 0.5) is 5.69 Å². The summed E-state index contributed by atoms with van der Waals surface area (Å²) in [7, 11) is 0. The van der Waals surface area contributed by atoms with E-state index in [9.17, 15) is 0 Å². The first-order valence-electron chi connectivity index (χ1n) is 10.5. The maximum absolute atomic E-state index is 5.73. The molecule has 1 saturated heterocycles. The van der Waals surface area contributed by atoms with Crippen LogP contribution in [0.2, 0.25) is 0 Å². The van der Waals surface area contributed by atoms with Crippen molar-refractivity contribution in [1.29, 1.82) is 0 Å². The van der Waals surface area contributed by atoms with E-state index in [4.69, 9.17) is 14.5 Å². The number of aliphatic imine (C=N–C) groups is 1. The molecular formula is C23H32N4O2. The first-order valence-corrected chi connectivity index (χ1v) is 10.5. The normalized spacial score (nSPS) is 14.5. The molecular weight excluding hydrogens is 364 g/mol. The third kappa shape index (κ3) is 7.31. The van der Waals surface area contributed by atoms with Crippen molar-refractivity contribution in [3.8, 4) is 5.75 Å². The second-order valence-electron chi connectivity index (χ2n) is 6.90. The highest BCUT2D eigenvalue weighted by Gasteiger charge is 2.10. The minimum absolute atomic E-state index is 0.652. The summed E-state index contributed by atoms with van der Waals surface area (Å²) in [5, 5.41) is 6.68. The number of anilines is 1. The molecule has 0 unspecified atom stereocenters. The highest BCUT2D eigenvalue weighted by molar-refractivity contribution is 5.79. The number of guanidine groups is 1. The number of para-hydroxylation sites is 1. The summed E-state index contributed by atoms with van der Waals surface area (Å²) in [4.78, 5) is 7.06. The molecule has 29 heavy (non-hydrogen) atoms. The van der Waals surface area contributed by atoms with Gasteiger partial charge in [-0.05, 0) is 43.2 Å². The van der Waals surface area contributed by atoms with Crippen molar-refractivity contribution in [1.82, 2.24) is 10.6 Å². The van der Waals surface area contributed by atoms with Gasteiger partial charge in [0.05, 0.1) is 26.4 Å². The molecule has 0 bridgehead atoms. The Balaban J connectivity index is 1.42. The zero-order chi connectivity index (χ0) is 20.2. The van der Waals surface area contributed by atoms with Crippen LogP contribution in [-0.4, -0.2) is 52.0 Å². The van der Waals surface area contributed by atoms with Crippen molar-refractivity contribution < 1.29 is 9.47 Å². The highest BCUT2D eigenvalue weighted by atomic mass is 16.5. The third-order valence-corrected chi connectivity index (χ3v) is 4.70. The first-order chi connectivity index (χ1) is 14.3. The fourth-order valence-corrected chi connectivity index (χ4v) is 3.13. The highest BCUT2D eigenvalue weighted by Crippen LogP contribution is 2.17. The van der Waals surface area contributed by atoms with Crippen LogP contribution in [-0.2, 0) is 11.3 Å². The number of hydrogen-bond donors (Lipinski definition) is 2. The number of morpholine rings is 1. The smallest absolute Gasteiger partial charge is 0.191 e. The van der Waals surface area contributed by atoms with Crippen LogP contribution in [0.5, 0.6) is 5.75 Å². The summed E-state index contributed by atoms with van der Waals surface area (Å²) < 4.78 is 11.1. The predicted octanol–water partition coefficient (Wildman–Crippen LogP) is 3.05. The molecule has 1 aliphatic rings. The van der Waals surface area contributed by atoms with E-state index in [0.29, 0.717) is 13.2 Å². The zero-order valence-corrected chi connectivity index (χ0v) is 17.3. The van der Waals surface area contributed by atoms with Crippen LogP contribution < -0.4 is 20.3 Å². The number of ether oxygens (including phenoxy) is 2. The molecule has 2 aromatic rings. The third-order valence-electron chi connectivity index (χ3n) is 4.70. The topological polar surface area (TPSA) is 58.1 Å². The molecule has 6 heteroatoms. The van der Waals surface area contributed by atoms with Crippen LogP contribution in [0, 0.1) is 0 Å². The van der Waals surface area contributed by atoms with Crippen LogP contribution in [0.3, 0.4) is 0 Å². The van der Waals surface area contributed by atoms with Gasteiger partial charge in [0.15, 0.2) is 5.96 Å². The Morgan fingerprint density at radius 1 is 1.03 bits per heavy atom. The lowest BCUT2D eigenvalue weighted by molar-refractivity contribution is 0.122. The Hall–Kier alpha value is -2.73. The molecule has 1 heterocycles. The monoisotopic (exact) mass is 396 g/mol. The molecule has 0 aromatic heterocycles. The van der Waals surface area contributed by atoms with Crippen LogP contribution in [0.1, 0.15) is 18.9 Å². The summed E-state index contributed by atoms with van der Waals surface area (Å²) in [6, 6.07) is 18.6. The number of nitrogens with one attached hydrogen (secondary N) is 2. The molecule has 0 aliphatic carbocycles. The Kier molecular flexibility index (Phi) is 8.66. The van der Waals surface area contributed by atoms with Gasteiger partial charge < -0.3 is 25.0 Å². The Bertz CT molecular complexity index is 728. The van der Waals surface area contributed by atoms with E-state index >= 15 is 0 Å². The van der Waals surface area contributed by atoms with E-state index in [1.54, 1.807) is 0 Å². The molecule has 6 nitrogen and oxygen atoms in total. The second kappa shape index (κ2) is 12.0. The lowest BCUT2D eigenvalue weighted by Crippen LogP contribution is -2.38. The SMILES string of the molecule is CCNC(=NCc1ccc(N2CCOCC2)cc1)NCCCOc1ccccc1. The number of benzene rings is 2. The van der Waals surface area contributed by atoms with Crippen molar-refractivity contribution >= 4 is 11.6 Å². The minimum Gasteiger partial charge on any atom is -0.494 e. The van der Waals surface area contributed by atoms with Gasteiger partial charge in [-0.3, -0.25) is 0 Å². The standard InChI is InChI=1S/C23H32N4O2/c1-2-24-23(25-13-6-16-29-22-7-4-3-5-8-22)26-19-20-9-11-21(12-10-20)27-14-17-28-18-15-27/h3-5,7-12H,2,6,13-19H2,1H3,(H2,24,25,26). The second-order valence-corrected chi connectivity index (χ2v) is 6.90. The van der Waals surface area contributed by atoms with Gasteiger partial charge in [0.1, 0.15) is 5.75 Å².